The summed E-state index contributed by atoms with van der Waals surface area (Å²) < 4.78 is 0. The van der Waals surface area contributed by atoms with Crippen molar-refractivity contribution in [3.05, 3.63) is 0 Å². The second-order valence-corrected chi connectivity index (χ2v) is 2.00. The molecule has 8 heavy (non-hydrogen) atoms. The van der Waals surface area contributed by atoms with Gasteiger partial charge in [0.05, 0.1) is 6.07 Å². The summed E-state index contributed by atoms with van der Waals surface area (Å²) in [6.07, 6.45) is 0.306. The van der Waals surface area contributed by atoms with E-state index < -0.39 is 8.53 Å². The van der Waals surface area contributed by atoms with Crippen molar-refractivity contribution in [2.45, 2.75) is 6.42 Å². The fourth-order valence-electron chi connectivity index (χ4n) is 0.212. The number of nitriles is 1. The average molecular weight is 134 g/mol. The van der Waals surface area contributed by atoms with Gasteiger partial charge in [0.1, 0.15) is 0 Å². The number of nitrogens with one attached hydrogen (secondary N) is 1. The van der Waals surface area contributed by atoms with Gasteiger partial charge in [-0.1, -0.05) is 0 Å². The molecule has 0 bridgehead atoms. The van der Waals surface area contributed by atoms with Crippen LogP contribution in [0.5, 0.6) is 0 Å². The Morgan fingerprint density at radius 2 is 2.25 bits per heavy atom. The molecule has 0 aromatic rings. The molecule has 0 amide bonds. The van der Waals surface area contributed by atoms with E-state index in [4.69, 9.17) is 15.0 Å². The Kier molecular flexibility index (Phi) is 4.82. The molecule has 3 N–H and O–H groups in total. The van der Waals surface area contributed by atoms with E-state index in [2.05, 4.69) is 5.09 Å². The standard InChI is InChI=1S/C3H7N2O2P/c4-2-1-3-5-8(6)7/h5-7H,1,3H2. The lowest BCUT2D eigenvalue weighted by atomic mass is 10.5. The molecule has 0 rings (SSSR count). The Hall–Kier alpha value is -0.200. The molecule has 0 saturated carbocycles. The number of nitrogens with zero attached hydrogens (tertiary/aromatic N) is 1. The van der Waals surface area contributed by atoms with Gasteiger partial charge in [-0.05, 0) is 0 Å². The molecule has 5 heteroatoms. The molecule has 4 nitrogen and oxygen atoms in total. The molecule has 0 radical (unpaired) electrons. The largest absolute Gasteiger partial charge is 0.338 e. The summed E-state index contributed by atoms with van der Waals surface area (Å²) >= 11 is 0. The van der Waals surface area contributed by atoms with E-state index in [1.807, 2.05) is 6.07 Å². The number of rotatable bonds is 3. The minimum atomic E-state index is -2.01. The van der Waals surface area contributed by atoms with E-state index in [1.54, 1.807) is 0 Å². The minimum absolute atomic E-state index is 0.306. The van der Waals surface area contributed by atoms with E-state index in [-0.39, 0.29) is 0 Å². The van der Waals surface area contributed by atoms with Crippen LogP contribution in [-0.2, 0) is 0 Å². The van der Waals surface area contributed by atoms with Crippen molar-refractivity contribution in [1.82, 2.24) is 5.09 Å². The number of hydrogen-bond acceptors (Lipinski definition) is 4. The Labute approximate surface area is 48.7 Å². The molecule has 0 fully saturated rings. The van der Waals surface area contributed by atoms with Crippen LogP contribution in [0.15, 0.2) is 0 Å². The summed E-state index contributed by atoms with van der Waals surface area (Å²) in [6, 6.07) is 1.85. The summed E-state index contributed by atoms with van der Waals surface area (Å²) in [5.74, 6) is 0. The molecular weight excluding hydrogens is 127 g/mol. The molecule has 0 saturated heterocycles. The average Bonchev–Trinajstić information content (AvgIpc) is 1.66. The second-order valence-electron chi connectivity index (χ2n) is 1.11. The summed E-state index contributed by atoms with van der Waals surface area (Å²) in [5.41, 5.74) is 0. The molecule has 0 aromatic heterocycles. The van der Waals surface area contributed by atoms with Crippen LogP contribution in [-0.4, -0.2) is 16.3 Å². The zero-order chi connectivity index (χ0) is 6.41. The molecule has 0 aromatic carbocycles. The normalized spacial score (nSPS) is 9.25. The van der Waals surface area contributed by atoms with Crippen molar-refractivity contribution in [3.8, 4) is 6.07 Å². The molecular formula is C3H7N2O2P. The SMILES string of the molecule is N#CCCNP(O)O. The van der Waals surface area contributed by atoms with E-state index in [1.165, 1.54) is 0 Å². The van der Waals surface area contributed by atoms with Crippen LogP contribution in [0, 0.1) is 11.3 Å². The predicted molar refractivity (Wildman–Crippen MR) is 29.6 cm³/mol. The molecule has 0 aliphatic rings. The first-order valence-corrected chi connectivity index (χ1v) is 3.30. The van der Waals surface area contributed by atoms with Crippen molar-refractivity contribution in [2.75, 3.05) is 6.54 Å². The highest BCUT2D eigenvalue weighted by atomic mass is 31.2. The first kappa shape index (κ1) is 7.80. The van der Waals surface area contributed by atoms with Crippen molar-refractivity contribution in [3.63, 3.8) is 0 Å². The van der Waals surface area contributed by atoms with Gasteiger partial charge in [0.15, 0.2) is 0 Å². The van der Waals surface area contributed by atoms with Gasteiger partial charge >= 0.3 is 0 Å². The Balaban J connectivity index is 2.85. The molecule has 46 valence electrons. The van der Waals surface area contributed by atoms with Crippen LogP contribution in [0.1, 0.15) is 6.42 Å². The van der Waals surface area contributed by atoms with Crippen molar-refractivity contribution in [1.29, 1.82) is 5.26 Å². The third-order valence-corrected chi connectivity index (χ3v) is 0.996. The maximum Gasteiger partial charge on any atom is 0.250 e. The maximum atomic E-state index is 8.18. The van der Waals surface area contributed by atoms with E-state index in [9.17, 15) is 0 Å². The molecule has 0 atom stereocenters. The van der Waals surface area contributed by atoms with Gasteiger partial charge in [0, 0.05) is 13.0 Å². The highest BCUT2D eigenvalue weighted by molar-refractivity contribution is 7.42. The summed E-state index contributed by atoms with van der Waals surface area (Å²) in [7, 11) is -2.01. The van der Waals surface area contributed by atoms with Crippen LogP contribution in [0.2, 0.25) is 0 Å². The smallest absolute Gasteiger partial charge is 0.250 e. The fourth-order valence-corrected chi connectivity index (χ4v) is 0.524. The van der Waals surface area contributed by atoms with Crippen LogP contribution in [0.25, 0.3) is 0 Å². The predicted octanol–water partition coefficient (Wildman–Crippen LogP) is -0.299. The van der Waals surface area contributed by atoms with Crippen molar-refractivity contribution >= 4 is 8.53 Å². The van der Waals surface area contributed by atoms with Gasteiger partial charge in [-0.25, -0.2) is 5.09 Å². The van der Waals surface area contributed by atoms with Gasteiger partial charge in [0.25, 0.3) is 0 Å². The van der Waals surface area contributed by atoms with E-state index >= 15 is 0 Å². The molecule has 0 spiro atoms. The Morgan fingerprint density at radius 1 is 1.62 bits per heavy atom. The highest BCUT2D eigenvalue weighted by Gasteiger charge is 1.92. The summed E-state index contributed by atoms with van der Waals surface area (Å²) in [6.45, 7) is 0.342. The first-order valence-electron chi connectivity index (χ1n) is 2.05. The third-order valence-electron chi connectivity index (χ3n) is 0.490. The van der Waals surface area contributed by atoms with Crippen LogP contribution < -0.4 is 5.09 Å². The van der Waals surface area contributed by atoms with Crippen LogP contribution >= 0.6 is 8.53 Å². The second kappa shape index (κ2) is 4.95. The van der Waals surface area contributed by atoms with Crippen LogP contribution in [0.3, 0.4) is 0 Å². The molecule has 0 aliphatic heterocycles. The topological polar surface area (TPSA) is 76.3 Å². The van der Waals surface area contributed by atoms with Gasteiger partial charge < -0.3 is 9.79 Å². The van der Waals surface area contributed by atoms with Gasteiger partial charge in [-0.3, -0.25) is 0 Å². The minimum Gasteiger partial charge on any atom is -0.338 e. The third kappa shape index (κ3) is 5.80. The lowest BCUT2D eigenvalue weighted by Crippen LogP contribution is -2.06. The van der Waals surface area contributed by atoms with Crippen LogP contribution in [0.4, 0.5) is 0 Å². The zero-order valence-electron chi connectivity index (χ0n) is 4.20. The molecule has 0 aliphatic carbocycles. The zero-order valence-corrected chi connectivity index (χ0v) is 5.10. The van der Waals surface area contributed by atoms with Gasteiger partial charge in [-0.2, -0.15) is 5.26 Å². The lowest BCUT2D eigenvalue weighted by Gasteiger charge is -1.98. The molecule has 0 heterocycles. The Morgan fingerprint density at radius 3 is 2.62 bits per heavy atom. The molecule has 0 unspecified atom stereocenters. The van der Waals surface area contributed by atoms with Crippen molar-refractivity contribution in [2.24, 2.45) is 0 Å². The van der Waals surface area contributed by atoms with E-state index in [0.29, 0.717) is 13.0 Å². The fraction of sp³-hybridized carbons (Fsp3) is 0.667. The Bertz CT molecular complexity index is 89.8. The number of hydrogen-bond donors (Lipinski definition) is 3. The maximum absolute atomic E-state index is 8.18. The lowest BCUT2D eigenvalue weighted by molar-refractivity contribution is 0.466. The monoisotopic (exact) mass is 134 g/mol. The summed E-state index contributed by atoms with van der Waals surface area (Å²) in [4.78, 5) is 16.4. The van der Waals surface area contributed by atoms with Gasteiger partial charge in [0.2, 0.25) is 8.53 Å². The highest BCUT2D eigenvalue weighted by Crippen LogP contribution is 2.14. The van der Waals surface area contributed by atoms with Gasteiger partial charge in [-0.15, -0.1) is 0 Å². The van der Waals surface area contributed by atoms with Crippen molar-refractivity contribution < 1.29 is 9.79 Å². The summed E-state index contributed by atoms with van der Waals surface area (Å²) in [5, 5.41) is 10.2. The first-order chi connectivity index (χ1) is 3.77. The quantitative estimate of drug-likeness (QED) is 0.366. The van der Waals surface area contributed by atoms with E-state index in [0.717, 1.165) is 0 Å².